The predicted octanol–water partition coefficient (Wildman–Crippen LogP) is 3.47. The molecule has 1 N–H and O–H groups in total. The second-order valence-corrected chi connectivity index (χ2v) is 5.65. The molecule has 4 heteroatoms. The zero-order valence-corrected chi connectivity index (χ0v) is 12.2. The molecule has 0 heterocycles. The van der Waals surface area contributed by atoms with Gasteiger partial charge < -0.3 is 4.74 Å². The molecule has 19 heavy (non-hydrogen) atoms. The zero-order valence-electron chi connectivity index (χ0n) is 12.2. The van der Waals surface area contributed by atoms with Crippen LogP contribution in [-0.2, 0) is 16.0 Å². The molecule has 0 fully saturated rings. The number of benzene rings is 1. The topological polar surface area (TPSA) is 55.4 Å². The standard InChI is InChI=1S/C15H21NO3/c1-10-8-12(9-11(2)17)6-7-13(10)16-14(18)19-15(3,4)5/h6-8H,9H2,1-5H3,(H,16,18). The van der Waals surface area contributed by atoms with Crippen LogP contribution in [0.3, 0.4) is 0 Å². The number of anilines is 1. The molecule has 0 aromatic heterocycles. The summed E-state index contributed by atoms with van der Waals surface area (Å²) in [5.74, 6) is 0.118. The SMILES string of the molecule is CC(=O)Cc1ccc(NC(=O)OC(C)(C)C)c(C)c1. The molecule has 0 saturated heterocycles. The van der Waals surface area contributed by atoms with E-state index >= 15 is 0 Å². The fraction of sp³-hybridized carbons (Fsp3) is 0.467. The summed E-state index contributed by atoms with van der Waals surface area (Å²) >= 11 is 0. The largest absolute Gasteiger partial charge is 0.444 e. The van der Waals surface area contributed by atoms with Gasteiger partial charge in [-0.15, -0.1) is 0 Å². The lowest BCUT2D eigenvalue weighted by molar-refractivity contribution is -0.116. The van der Waals surface area contributed by atoms with Crippen molar-refractivity contribution in [2.24, 2.45) is 0 Å². The zero-order chi connectivity index (χ0) is 14.6. The first-order valence-corrected chi connectivity index (χ1v) is 6.26. The van der Waals surface area contributed by atoms with Gasteiger partial charge in [0, 0.05) is 12.1 Å². The molecule has 0 aliphatic carbocycles. The van der Waals surface area contributed by atoms with E-state index in [4.69, 9.17) is 4.74 Å². The highest BCUT2D eigenvalue weighted by Crippen LogP contribution is 2.18. The summed E-state index contributed by atoms with van der Waals surface area (Å²) in [5, 5.41) is 2.70. The Hall–Kier alpha value is -1.84. The van der Waals surface area contributed by atoms with Crippen molar-refractivity contribution in [3.63, 3.8) is 0 Å². The Kier molecular flexibility index (Phi) is 4.70. The maximum Gasteiger partial charge on any atom is 0.412 e. The number of amides is 1. The molecule has 0 atom stereocenters. The molecule has 0 saturated carbocycles. The van der Waals surface area contributed by atoms with Gasteiger partial charge in [-0.25, -0.2) is 4.79 Å². The van der Waals surface area contributed by atoms with Gasteiger partial charge in [-0.1, -0.05) is 12.1 Å². The maximum absolute atomic E-state index is 11.7. The van der Waals surface area contributed by atoms with Crippen LogP contribution in [0.15, 0.2) is 18.2 Å². The minimum atomic E-state index is -0.521. The number of hydrogen-bond acceptors (Lipinski definition) is 3. The average Bonchev–Trinajstić information content (AvgIpc) is 2.18. The number of aryl methyl sites for hydroxylation is 1. The van der Waals surface area contributed by atoms with E-state index in [1.54, 1.807) is 13.0 Å². The van der Waals surface area contributed by atoms with E-state index in [2.05, 4.69) is 5.32 Å². The van der Waals surface area contributed by atoms with Gasteiger partial charge in [0.05, 0.1) is 0 Å². The van der Waals surface area contributed by atoms with E-state index in [0.29, 0.717) is 12.1 Å². The number of rotatable bonds is 3. The van der Waals surface area contributed by atoms with Crippen LogP contribution in [0.1, 0.15) is 38.8 Å². The molecule has 1 rings (SSSR count). The van der Waals surface area contributed by atoms with Gasteiger partial charge in [0.15, 0.2) is 0 Å². The van der Waals surface area contributed by atoms with Crippen LogP contribution in [0.5, 0.6) is 0 Å². The summed E-state index contributed by atoms with van der Waals surface area (Å²) in [6.07, 6.45) is -0.0667. The lowest BCUT2D eigenvalue weighted by Gasteiger charge is -2.20. The molecule has 0 bridgehead atoms. The average molecular weight is 263 g/mol. The summed E-state index contributed by atoms with van der Waals surface area (Å²) in [4.78, 5) is 22.7. The van der Waals surface area contributed by atoms with Crippen LogP contribution in [0.2, 0.25) is 0 Å². The molecular formula is C15H21NO3. The number of carbonyl (C=O) groups excluding carboxylic acids is 2. The lowest BCUT2D eigenvalue weighted by atomic mass is 10.1. The molecule has 4 nitrogen and oxygen atoms in total. The van der Waals surface area contributed by atoms with Crippen LogP contribution in [0.25, 0.3) is 0 Å². The van der Waals surface area contributed by atoms with Crippen molar-refractivity contribution >= 4 is 17.6 Å². The Balaban J connectivity index is 2.75. The lowest BCUT2D eigenvalue weighted by Crippen LogP contribution is -2.27. The van der Waals surface area contributed by atoms with Crippen LogP contribution in [0.4, 0.5) is 10.5 Å². The molecule has 1 amide bonds. The third-order valence-electron chi connectivity index (χ3n) is 2.38. The number of hydrogen-bond donors (Lipinski definition) is 1. The Morgan fingerprint density at radius 2 is 1.89 bits per heavy atom. The number of carbonyl (C=O) groups is 2. The maximum atomic E-state index is 11.7. The van der Waals surface area contributed by atoms with E-state index < -0.39 is 11.7 Å². The van der Waals surface area contributed by atoms with E-state index in [9.17, 15) is 9.59 Å². The van der Waals surface area contributed by atoms with Crippen LogP contribution < -0.4 is 5.32 Å². The van der Waals surface area contributed by atoms with E-state index in [-0.39, 0.29) is 5.78 Å². The highest BCUT2D eigenvalue weighted by Gasteiger charge is 2.16. The van der Waals surface area contributed by atoms with Gasteiger partial charge in [0.1, 0.15) is 11.4 Å². The summed E-state index contributed by atoms with van der Waals surface area (Å²) in [7, 11) is 0. The third-order valence-corrected chi connectivity index (χ3v) is 2.38. The number of ketones is 1. The van der Waals surface area contributed by atoms with E-state index in [1.165, 1.54) is 0 Å². The van der Waals surface area contributed by atoms with Gasteiger partial charge in [-0.05, 0) is 51.8 Å². The summed E-state index contributed by atoms with van der Waals surface area (Å²) in [6.45, 7) is 8.89. The first-order valence-electron chi connectivity index (χ1n) is 6.26. The molecule has 1 aromatic rings. The van der Waals surface area contributed by atoms with Crippen LogP contribution >= 0.6 is 0 Å². The van der Waals surface area contributed by atoms with E-state index in [0.717, 1.165) is 11.1 Å². The fourth-order valence-corrected chi connectivity index (χ4v) is 1.68. The monoisotopic (exact) mass is 263 g/mol. The first kappa shape index (κ1) is 15.2. The van der Waals surface area contributed by atoms with Gasteiger partial charge in [0.2, 0.25) is 0 Å². The van der Waals surface area contributed by atoms with Crippen molar-refractivity contribution < 1.29 is 14.3 Å². The van der Waals surface area contributed by atoms with Crippen molar-refractivity contribution in [3.05, 3.63) is 29.3 Å². The van der Waals surface area contributed by atoms with Gasteiger partial charge in [-0.2, -0.15) is 0 Å². The number of ether oxygens (including phenoxy) is 1. The quantitative estimate of drug-likeness (QED) is 0.908. The van der Waals surface area contributed by atoms with Crippen LogP contribution in [0, 0.1) is 6.92 Å². The van der Waals surface area contributed by atoms with Gasteiger partial charge in [-0.3, -0.25) is 10.1 Å². The third kappa shape index (κ3) is 5.55. The molecule has 1 aromatic carbocycles. The van der Waals surface area contributed by atoms with Crippen molar-refractivity contribution in [3.8, 4) is 0 Å². The Labute approximate surface area is 114 Å². The molecule has 104 valence electrons. The van der Waals surface area contributed by atoms with Gasteiger partial charge >= 0.3 is 6.09 Å². The van der Waals surface area contributed by atoms with Crippen molar-refractivity contribution in [2.75, 3.05) is 5.32 Å². The number of nitrogens with one attached hydrogen (secondary N) is 1. The predicted molar refractivity (Wildman–Crippen MR) is 75.4 cm³/mol. The van der Waals surface area contributed by atoms with Crippen LogP contribution in [-0.4, -0.2) is 17.5 Å². The van der Waals surface area contributed by atoms with Crippen molar-refractivity contribution in [1.29, 1.82) is 0 Å². The second kappa shape index (κ2) is 5.87. The Bertz CT molecular complexity index is 487. The minimum absolute atomic E-state index is 0.118. The summed E-state index contributed by atoms with van der Waals surface area (Å²) in [6, 6.07) is 5.52. The summed E-state index contributed by atoms with van der Waals surface area (Å²) < 4.78 is 5.19. The highest BCUT2D eigenvalue weighted by atomic mass is 16.6. The number of Topliss-reactive ketones (excluding diaryl/α,β-unsaturated/α-hetero) is 1. The Morgan fingerprint density at radius 3 is 2.37 bits per heavy atom. The molecule has 0 aliphatic heterocycles. The molecule has 0 spiro atoms. The fourth-order valence-electron chi connectivity index (χ4n) is 1.68. The Morgan fingerprint density at radius 1 is 1.26 bits per heavy atom. The van der Waals surface area contributed by atoms with Crippen molar-refractivity contribution in [1.82, 2.24) is 0 Å². The smallest absolute Gasteiger partial charge is 0.412 e. The van der Waals surface area contributed by atoms with Crippen molar-refractivity contribution in [2.45, 2.75) is 46.6 Å². The summed E-state index contributed by atoms with van der Waals surface area (Å²) in [5.41, 5.74) is 2.03. The second-order valence-electron chi connectivity index (χ2n) is 5.65. The normalized spacial score (nSPS) is 11.0. The molecular weight excluding hydrogens is 242 g/mol. The minimum Gasteiger partial charge on any atom is -0.444 e. The molecule has 0 aliphatic rings. The highest BCUT2D eigenvalue weighted by molar-refractivity contribution is 5.86. The van der Waals surface area contributed by atoms with Gasteiger partial charge in [0.25, 0.3) is 0 Å². The van der Waals surface area contributed by atoms with E-state index in [1.807, 2.05) is 39.8 Å². The molecule has 0 unspecified atom stereocenters. The first-order chi connectivity index (χ1) is 8.67. The molecule has 0 radical (unpaired) electrons.